The minimum Gasteiger partial charge on any atom is -0.481 e. The number of carbonyl (C=O) groups excluding carboxylic acids is 1. The summed E-state index contributed by atoms with van der Waals surface area (Å²) in [5.74, 6) is 0.369. The molecule has 4 rings (SSSR count). The Morgan fingerprint density at radius 2 is 2.00 bits per heavy atom. The number of fused-ring (bicyclic) bond motifs is 2. The number of rotatable bonds is 2. The molecule has 6 heteroatoms. The summed E-state index contributed by atoms with van der Waals surface area (Å²) in [6.07, 6.45) is 2.50. The molecule has 1 aliphatic rings. The zero-order valence-corrected chi connectivity index (χ0v) is 14.7. The molecule has 0 bridgehead atoms. The van der Waals surface area contributed by atoms with Gasteiger partial charge in [0.25, 0.3) is 11.5 Å². The van der Waals surface area contributed by atoms with Crippen LogP contribution in [-0.2, 0) is 20.0 Å². The van der Waals surface area contributed by atoms with Crippen molar-refractivity contribution < 1.29 is 9.53 Å². The Bertz CT molecular complexity index is 1070. The summed E-state index contributed by atoms with van der Waals surface area (Å²) in [5, 5.41) is 0.810. The van der Waals surface area contributed by atoms with Crippen molar-refractivity contribution in [1.82, 2.24) is 14.5 Å². The molecule has 0 atom stereocenters. The van der Waals surface area contributed by atoms with Gasteiger partial charge < -0.3 is 14.2 Å². The van der Waals surface area contributed by atoms with Gasteiger partial charge >= 0.3 is 0 Å². The van der Waals surface area contributed by atoms with Crippen LogP contribution in [0.5, 0.6) is 5.88 Å². The molecule has 3 heterocycles. The highest BCUT2D eigenvalue weighted by Gasteiger charge is 2.24. The maximum absolute atomic E-state index is 13.2. The Labute approximate surface area is 150 Å². The first-order chi connectivity index (χ1) is 12.6. The minimum absolute atomic E-state index is 0.0200. The predicted molar refractivity (Wildman–Crippen MR) is 98.4 cm³/mol. The summed E-state index contributed by atoms with van der Waals surface area (Å²) >= 11 is 0. The van der Waals surface area contributed by atoms with Crippen molar-refractivity contribution in [2.24, 2.45) is 7.05 Å². The number of amides is 1. The van der Waals surface area contributed by atoms with Gasteiger partial charge in [0.1, 0.15) is 0 Å². The largest absolute Gasteiger partial charge is 0.481 e. The van der Waals surface area contributed by atoms with Crippen LogP contribution in [0.1, 0.15) is 21.5 Å². The lowest BCUT2D eigenvalue weighted by atomic mass is 10.0. The summed E-state index contributed by atoms with van der Waals surface area (Å²) in [6.45, 7) is 1.07. The third-order valence-electron chi connectivity index (χ3n) is 4.84. The average molecular weight is 349 g/mol. The second-order valence-electron chi connectivity index (χ2n) is 6.48. The summed E-state index contributed by atoms with van der Waals surface area (Å²) < 4.78 is 6.82. The van der Waals surface area contributed by atoms with Crippen molar-refractivity contribution in [2.75, 3.05) is 13.7 Å². The van der Waals surface area contributed by atoms with E-state index in [9.17, 15) is 9.59 Å². The summed E-state index contributed by atoms with van der Waals surface area (Å²) in [5.41, 5.74) is 3.33. The van der Waals surface area contributed by atoms with E-state index in [1.807, 2.05) is 35.4 Å². The van der Waals surface area contributed by atoms with Crippen LogP contribution in [0, 0.1) is 0 Å². The molecule has 2 aromatic heterocycles. The molecule has 0 unspecified atom stereocenters. The first-order valence-electron chi connectivity index (χ1n) is 8.48. The number of carbonyl (C=O) groups is 1. The number of hydrogen-bond acceptors (Lipinski definition) is 4. The Hall–Kier alpha value is -3.15. The standard InChI is InChI=1S/C20H19N3O3/c1-22-11-14-12-23(8-7-13(14)9-19(22)24)20(25)16-10-18(26-2)21-17-6-4-3-5-15(16)17/h3-6,9-11H,7-8,12H2,1-2H3. The van der Waals surface area contributed by atoms with Crippen LogP contribution in [0.25, 0.3) is 10.9 Å². The second kappa shape index (κ2) is 6.29. The molecule has 0 N–H and O–H groups in total. The molecule has 26 heavy (non-hydrogen) atoms. The van der Waals surface area contributed by atoms with Crippen molar-refractivity contribution in [3.8, 4) is 5.88 Å². The molecule has 132 valence electrons. The molecule has 0 aliphatic carbocycles. The highest BCUT2D eigenvalue weighted by Crippen LogP contribution is 2.25. The number of benzene rings is 1. The minimum atomic E-state index is -0.0543. The van der Waals surface area contributed by atoms with Crippen molar-refractivity contribution in [3.63, 3.8) is 0 Å². The van der Waals surface area contributed by atoms with Crippen LogP contribution in [0.3, 0.4) is 0 Å². The van der Waals surface area contributed by atoms with Gasteiger partial charge in [-0.1, -0.05) is 18.2 Å². The number of aryl methyl sites for hydroxylation is 1. The first kappa shape index (κ1) is 16.3. The SMILES string of the molecule is COc1cc(C(=O)N2CCc3cc(=O)n(C)cc3C2)c2ccccc2n1. The molecular weight excluding hydrogens is 330 g/mol. The number of aromatic nitrogens is 2. The Kier molecular flexibility index (Phi) is 3.95. The maximum atomic E-state index is 13.2. The maximum Gasteiger partial charge on any atom is 0.255 e. The lowest BCUT2D eigenvalue weighted by Crippen LogP contribution is -2.37. The quantitative estimate of drug-likeness (QED) is 0.711. The topological polar surface area (TPSA) is 64.4 Å². The first-order valence-corrected chi connectivity index (χ1v) is 8.48. The van der Waals surface area contributed by atoms with E-state index in [-0.39, 0.29) is 11.5 Å². The predicted octanol–water partition coefficient (Wildman–Crippen LogP) is 2.14. The van der Waals surface area contributed by atoms with Gasteiger partial charge in [-0.2, -0.15) is 0 Å². The smallest absolute Gasteiger partial charge is 0.255 e. The number of nitrogens with zero attached hydrogens (tertiary/aromatic N) is 3. The third-order valence-corrected chi connectivity index (χ3v) is 4.84. The van der Waals surface area contributed by atoms with Crippen LogP contribution < -0.4 is 10.3 Å². The van der Waals surface area contributed by atoms with Gasteiger partial charge in [0.15, 0.2) is 0 Å². The fourth-order valence-electron chi connectivity index (χ4n) is 3.42. The van der Waals surface area contributed by atoms with Gasteiger partial charge in [-0.3, -0.25) is 9.59 Å². The van der Waals surface area contributed by atoms with E-state index in [1.165, 1.54) is 0 Å². The van der Waals surface area contributed by atoms with Crippen molar-refractivity contribution in [1.29, 1.82) is 0 Å². The Morgan fingerprint density at radius 1 is 1.19 bits per heavy atom. The Balaban J connectivity index is 1.73. The lowest BCUT2D eigenvalue weighted by molar-refractivity contribution is 0.0735. The summed E-state index contributed by atoms with van der Waals surface area (Å²) in [4.78, 5) is 31.2. The van der Waals surface area contributed by atoms with Gasteiger partial charge in [0.05, 0.1) is 18.2 Å². The monoisotopic (exact) mass is 349 g/mol. The molecular formula is C20H19N3O3. The number of hydrogen-bond donors (Lipinski definition) is 0. The van der Waals surface area contributed by atoms with E-state index in [0.29, 0.717) is 31.0 Å². The Morgan fingerprint density at radius 3 is 2.81 bits per heavy atom. The van der Waals surface area contributed by atoms with Crippen LogP contribution >= 0.6 is 0 Å². The molecule has 1 aromatic carbocycles. The second-order valence-corrected chi connectivity index (χ2v) is 6.48. The molecule has 0 radical (unpaired) electrons. The molecule has 0 saturated carbocycles. The molecule has 0 saturated heterocycles. The van der Waals surface area contributed by atoms with Gasteiger partial charge in [-0.15, -0.1) is 0 Å². The molecule has 1 amide bonds. The van der Waals surface area contributed by atoms with E-state index >= 15 is 0 Å². The van der Waals surface area contributed by atoms with Gasteiger partial charge in [-0.05, 0) is 23.6 Å². The van der Waals surface area contributed by atoms with E-state index in [0.717, 1.165) is 22.0 Å². The average Bonchev–Trinajstić information content (AvgIpc) is 2.67. The third kappa shape index (κ3) is 2.73. The summed E-state index contributed by atoms with van der Waals surface area (Å²) in [7, 11) is 3.27. The molecule has 0 fully saturated rings. The molecule has 6 nitrogen and oxygen atoms in total. The molecule has 0 spiro atoms. The number of methoxy groups -OCH3 is 1. The molecule has 3 aromatic rings. The van der Waals surface area contributed by atoms with E-state index < -0.39 is 0 Å². The van der Waals surface area contributed by atoms with Gasteiger partial charge in [0.2, 0.25) is 5.88 Å². The van der Waals surface area contributed by atoms with Crippen LogP contribution in [0.15, 0.2) is 47.4 Å². The zero-order valence-electron chi connectivity index (χ0n) is 14.7. The van der Waals surface area contributed by atoms with Crippen molar-refractivity contribution in [3.05, 3.63) is 69.6 Å². The fourth-order valence-corrected chi connectivity index (χ4v) is 3.42. The van der Waals surface area contributed by atoms with E-state index in [1.54, 1.807) is 30.9 Å². The summed E-state index contributed by atoms with van der Waals surface area (Å²) in [6, 6.07) is 10.9. The van der Waals surface area contributed by atoms with Crippen LogP contribution in [0.4, 0.5) is 0 Å². The van der Waals surface area contributed by atoms with Crippen molar-refractivity contribution in [2.45, 2.75) is 13.0 Å². The van der Waals surface area contributed by atoms with E-state index in [2.05, 4.69) is 4.98 Å². The van der Waals surface area contributed by atoms with Crippen LogP contribution in [0.2, 0.25) is 0 Å². The fraction of sp³-hybridized carbons (Fsp3) is 0.250. The highest BCUT2D eigenvalue weighted by atomic mass is 16.5. The van der Waals surface area contributed by atoms with Gasteiger partial charge in [-0.25, -0.2) is 4.98 Å². The number of para-hydroxylation sites is 1. The normalized spacial score (nSPS) is 13.5. The van der Waals surface area contributed by atoms with E-state index in [4.69, 9.17) is 4.74 Å². The molecule has 1 aliphatic heterocycles. The lowest BCUT2D eigenvalue weighted by Gasteiger charge is -2.29. The number of pyridine rings is 2. The van der Waals surface area contributed by atoms with Gasteiger partial charge in [0, 0.05) is 43.9 Å². The van der Waals surface area contributed by atoms with Crippen molar-refractivity contribution >= 4 is 16.8 Å². The van der Waals surface area contributed by atoms with Crippen LogP contribution in [-0.4, -0.2) is 34.0 Å². The zero-order chi connectivity index (χ0) is 18.3. The highest BCUT2D eigenvalue weighted by molar-refractivity contribution is 6.06. The number of ether oxygens (including phenoxy) is 1.